The fourth-order valence-corrected chi connectivity index (χ4v) is 1.87. The van der Waals surface area contributed by atoms with Crippen LogP contribution in [0.15, 0.2) is 0 Å². The highest BCUT2D eigenvalue weighted by Gasteiger charge is 2.28. The molecule has 106 valence electrons. The highest BCUT2D eigenvalue weighted by atomic mass is 16.6. The van der Waals surface area contributed by atoms with Gasteiger partial charge in [0.2, 0.25) is 5.82 Å². The molecule has 1 atom stereocenters. The Morgan fingerprint density at radius 1 is 1.58 bits per heavy atom. The van der Waals surface area contributed by atoms with E-state index < -0.39 is 16.9 Å². The topological polar surface area (TPSA) is 110 Å². The van der Waals surface area contributed by atoms with Crippen LogP contribution < -0.4 is 5.32 Å². The predicted octanol–water partition coefficient (Wildman–Crippen LogP) is 1.56. The molecule has 1 aromatic heterocycles. The summed E-state index contributed by atoms with van der Waals surface area (Å²) in [6.45, 7) is 3.62. The number of carbonyl (C=O) groups is 1. The Morgan fingerprint density at radius 3 is 2.63 bits per heavy atom. The maximum atomic E-state index is 11.1. The third-order valence-electron chi connectivity index (χ3n) is 2.80. The van der Waals surface area contributed by atoms with E-state index in [1.54, 1.807) is 14.0 Å². The summed E-state index contributed by atoms with van der Waals surface area (Å²) >= 11 is 0. The van der Waals surface area contributed by atoms with Crippen LogP contribution in [0.4, 0.5) is 11.5 Å². The van der Waals surface area contributed by atoms with Gasteiger partial charge >= 0.3 is 11.7 Å². The van der Waals surface area contributed by atoms with Crippen molar-refractivity contribution in [1.82, 2.24) is 9.78 Å². The molecule has 0 aromatic carbocycles. The largest absolute Gasteiger partial charge is 0.480 e. The summed E-state index contributed by atoms with van der Waals surface area (Å²) < 4.78 is 1.32. The van der Waals surface area contributed by atoms with Gasteiger partial charge in [-0.2, -0.15) is 5.10 Å². The number of aryl methyl sites for hydroxylation is 2. The Balaban J connectivity index is 3.15. The molecule has 19 heavy (non-hydrogen) atoms. The molecule has 0 aliphatic rings. The van der Waals surface area contributed by atoms with Crippen LogP contribution in [0.3, 0.4) is 0 Å². The molecule has 1 heterocycles. The van der Waals surface area contributed by atoms with Crippen LogP contribution in [0.1, 0.15) is 32.4 Å². The third kappa shape index (κ3) is 3.21. The van der Waals surface area contributed by atoms with Gasteiger partial charge in [0.05, 0.1) is 4.92 Å². The summed E-state index contributed by atoms with van der Waals surface area (Å²) in [7, 11) is 1.55. The summed E-state index contributed by atoms with van der Waals surface area (Å²) in [6.07, 6.45) is 1.47. The second-order valence-corrected chi connectivity index (χ2v) is 4.20. The van der Waals surface area contributed by atoms with Gasteiger partial charge in [0.25, 0.3) is 0 Å². The predicted molar refractivity (Wildman–Crippen MR) is 69.2 cm³/mol. The molecule has 1 aromatic rings. The van der Waals surface area contributed by atoms with Crippen molar-refractivity contribution < 1.29 is 14.8 Å². The minimum Gasteiger partial charge on any atom is -0.480 e. The Hall–Kier alpha value is -2.12. The Kier molecular flexibility index (Phi) is 4.85. The van der Waals surface area contributed by atoms with Gasteiger partial charge in [-0.05, 0) is 12.8 Å². The minimum atomic E-state index is -1.03. The van der Waals surface area contributed by atoms with Crippen LogP contribution in [0.2, 0.25) is 0 Å². The molecule has 0 amide bonds. The van der Waals surface area contributed by atoms with Crippen molar-refractivity contribution in [2.45, 2.75) is 39.2 Å². The maximum Gasteiger partial charge on any atom is 0.334 e. The van der Waals surface area contributed by atoms with E-state index in [2.05, 4.69) is 10.4 Å². The van der Waals surface area contributed by atoms with Gasteiger partial charge in [0, 0.05) is 7.05 Å². The number of nitrogens with zero attached hydrogens (tertiary/aromatic N) is 3. The van der Waals surface area contributed by atoms with Gasteiger partial charge in [-0.25, -0.2) is 9.48 Å². The zero-order valence-corrected chi connectivity index (χ0v) is 11.2. The molecule has 0 spiro atoms. The van der Waals surface area contributed by atoms with Crippen molar-refractivity contribution in [3.05, 3.63) is 15.8 Å². The summed E-state index contributed by atoms with van der Waals surface area (Å²) in [4.78, 5) is 21.7. The van der Waals surface area contributed by atoms with Crippen molar-refractivity contribution >= 4 is 17.5 Å². The number of aromatic nitrogens is 2. The van der Waals surface area contributed by atoms with Crippen LogP contribution in [-0.2, 0) is 18.3 Å². The molecule has 1 unspecified atom stereocenters. The molecule has 8 nitrogen and oxygen atoms in total. The first kappa shape index (κ1) is 14.9. The Bertz CT molecular complexity index is 483. The molecular weight excluding hydrogens is 252 g/mol. The van der Waals surface area contributed by atoms with Crippen molar-refractivity contribution in [3.8, 4) is 0 Å². The van der Waals surface area contributed by atoms with E-state index in [0.29, 0.717) is 25.0 Å². The maximum absolute atomic E-state index is 11.1. The molecule has 2 N–H and O–H groups in total. The van der Waals surface area contributed by atoms with Gasteiger partial charge in [-0.15, -0.1) is 0 Å². The standard InChI is InChI=1S/C11H18N4O4/c1-4-6-8(11(16)17)12-10-9(15(18)19)7(5-2)13-14(10)3/h8,12H,4-6H2,1-3H3,(H,16,17). The molecule has 0 aliphatic heterocycles. The number of nitrogens with one attached hydrogen (secondary N) is 1. The fraction of sp³-hybridized carbons (Fsp3) is 0.636. The molecule has 0 radical (unpaired) electrons. The van der Waals surface area contributed by atoms with E-state index in [-0.39, 0.29) is 11.5 Å². The molecule has 0 saturated heterocycles. The van der Waals surface area contributed by atoms with Gasteiger partial charge in [0.15, 0.2) is 0 Å². The number of nitro groups is 1. The van der Waals surface area contributed by atoms with E-state index in [9.17, 15) is 14.9 Å². The molecule has 0 saturated carbocycles. The van der Waals surface area contributed by atoms with Crippen LogP contribution in [-0.4, -0.2) is 31.8 Å². The summed E-state index contributed by atoms with van der Waals surface area (Å²) in [6, 6.07) is -0.858. The molecular formula is C11H18N4O4. The van der Waals surface area contributed by atoms with Gasteiger partial charge in [-0.3, -0.25) is 10.1 Å². The number of hydrogen-bond donors (Lipinski definition) is 2. The quantitative estimate of drug-likeness (QED) is 0.574. The molecule has 0 fully saturated rings. The average molecular weight is 270 g/mol. The molecule has 1 rings (SSSR count). The number of aliphatic carboxylic acids is 1. The summed E-state index contributed by atoms with van der Waals surface area (Å²) in [5.41, 5.74) is 0.197. The van der Waals surface area contributed by atoms with Crippen LogP contribution in [0.25, 0.3) is 0 Å². The van der Waals surface area contributed by atoms with Crippen LogP contribution in [0, 0.1) is 10.1 Å². The van der Waals surface area contributed by atoms with Crippen molar-refractivity contribution in [1.29, 1.82) is 0 Å². The number of carboxylic acids is 1. The van der Waals surface area contributed by atoms with Crippen molar-refractivity contribution in [2.24, 2.45) is 7.05 Å². The monoisotopic (exact) mass is 270 g/mol. The lowest BCUT2D eigenvalue weighted by Gasteiger charge is -2.14. The van der Waals surface area contributed by atoms with E-state index >= 15 is 0 Å². The van der Waals surface area contributed by atoms with Crippen LogP contribution in [0.5, 0.6) is 0 Å². The van der Waals surface area contributed by atoms with Crippen molar-refractivity contribution in [2.75, 3.05) is 5.32 Å². The van der Waals surface area contributed by atoms with Crippen molar-refractivity contribution in [3.63, 3.8) is 0 Å². The lowest BCUT2D eigenvalue weighted by molar-refractivity contribution is -0.384. The first-order valence-corrected chi connectivity index (χ1v) is 6.11. The van der Waals surface area contributed by atoms with E-state index in [4.69, 9.17) is 5.11 Å². The average Bonchev–Trinajstić information content (AvgIpc) is 2.65. The molecule has 8 heteroatoms. The number of anilines is 1. The van der Waals surface area contributed by atoms with Crippen LogP contribution >= 0.6 is 0 Å². The number of hydrogen-bond acceptors (Lipinski definition) is 5. The fourth-order valence-electron chi connectivity index (χ4n) is 1.87. The number of rotatable bonds is 7. The lowest BCUT2D eigenvalue weighted by Crippen LogP contribution is -2.30. The lowest BCUT2D eigenvalue weighted by atomic mass is 10.1. The summed E-state index contributed by atoms with van der Waals surface area (Å²) in [5, 5.41) is 26.9. The Morgan fingerprint density at radius 2 is 2.21 bits per heavy atom. The second-order valence-electron chi connectivity index (χ2n) is 4.20. The first-order valence-electron chi connectivity index (χ1n) is 6.11. The molecule has 0 aliphatic carbocycles. The first-order chi connectivity index (χ1) is 8.92. The highest BCUT2D eigenvalue weighted by molar-refractivity contribution is 5.78. The van der Waals surface area contributed by atoms with Gasteiger partial charge < -0.3 is 10.4 Å². The van der Waals surface area contributed by atoms with E-state index in [1.807, 2.05) is 6.92 Å². The van der Waals surface area contributed by atoms with Gasteiger partial charge in [-0.1, -0.05) is 20.3 Å². The third-order valence-corrected chi connectivity index (χ3v) is 2.80. The Labute approximate surface area is 110 Å². The van der Waals surface area contributed by atoms with E-state index in [1.165, 1.54) is 4.68 Å². The SMILES string of the molecule is CCCC(Nc1c([N+](=O)[O-])c(CC)nn1C)C(=O)O. The zero-order chi connectivity index (χ0) is 14.6. The highest BCUT2D eigenvalue weighted by Crippen LogP contribution is 2.29. The second kappa shape index (κ2) is 6.17. The summed E-state index contributed by atoms with van der Waals surface area (Å²) in [5.74, 6) is -0.891. The zero-order valence-electron chi connectivity index (χ0n) is 11.2. The smallest absolute Gasteiger partial charge is 0.334 e. The van der Waals surface area contributed by atoms with E-state index in [0.717, 1.165) is 0 Å². The molecule has 0 bridgehead atoms. The van der Waals surface area contributed by atoms with Gasteiger partial charge in [0.1, 0.15) is 11.7 Å². The number of carboxylic acid groups (broad SMARTS) is 1. The normalized spacial score (nSPS) is 12.2. The minimum absolute atomic E-state index is 0.141.